The van der Waals surface area contributed by atoms with E-state index in [4.69, 9.17) is 11.1 Å². The lowest BCUT2D eigenvalue weighted by molar-refractivity contribution is 0.969. The van der Waals surface area contributed by atoms with Crippen LogP contribution in [0.5, 0.6) is 0 Å². The maximum absolute atomic E-state index is 7.89. The zero-order valence-corrected chi connectivity index (χ0v) is 14.5. The molecule has 2 aromatic rings. The number of hydrogen-bond donors (Lipinski definition) is 3. The lowest BCUT2D eigenvalue weighted by Gasteiger charge is -2.07. The van der Waals surface area contributed by atoms with Crippen LogP contribution >= 0.6 is 45.3 Å². The summed E-state index contributed by atoms with van der Waals surface area (Å²) in [6.45, 7) is 0.664. The van der Waals surface area contributed by atoms with Gasteiger partial charge in [-0.1, -0.05) is 12.1 Å². The Balaban J connectivity index is 0.00000162. The van der Waals surface area contributed by atoms with Crippen molar-refractivity contribution in [2.75, 3.05) is 11.9 Å². The van der Waals surface area contributed by atoms with Gasteiger partial charge < -0.3 is 11.1 Å². The number of benzene rings is 1. The van der Waals surface area contributed by atoms with Crippen molar-refractivity contribution in [3.63, 3.8) is 0 Å². The summed E-state index contributed by atoms with van der Waals surface area (Å²) < 4.78 is 0. The van der Waals surface area contributed by atoms with Gasteiger partial charge in [-0.3, -0.25) is 5.41 Å². The fraction of sp³-hybridized carbons (Fsp3) is 0.154. The van der Waals surface area contributed by atoms with Crippen LogP contribution in [0.2, 0.25) is 0 Å². The van der Waals surface area contributed by atoms with Gasteiger partial charge in [0.1, 0.15) is 5.84 Å². The van der Waals surface area contributed by atoms with Crippen molar-refractivity contribution in [2.24, 2.45) is 5.73 Å². The normalized spacial score (nSPS) is 9.11. The summed E-state index contributed by atoms with van der Waals surface area (Å²) in [7, 11) is 0. The SMILES string of the molecule is Br.Br.N=C(Nc1ccc(CCN)cc1)c1ccsc1. The maximum Gasteiger partial charge on any atom is 0.130 e. The van der Waals surface area contributed by atoms with Crippen LogP contribution in [0.4, 0.5) is 5.69 Å². The molecule has 1 aromatic carbocycles. The van der Waals surface area contributed by atoms with Crippen molar-refractivity contribution in [3.05, 3.63) is 52.2 Å². The first-order chi connectivity index (χ1) is 8.29. The van der Waals surface area contributed by atoms with Gasteiger partial charge >= 0.3 is 0 Å². The van der Waals surface area contributed by atoms with Crippen LogP contribution in [0.1, 0.15) is 11.1 Å². The van der Waals surface area contributed by atoms with Crippen molar-refractivity contribution < 1.29 is 0 Å². The minimum Gasteiger partial charge on any atom is -0.340 e. The molecule has 6 heteroatoms. The van der Waals surface area contributed by atoms with Gasteiger partial charge in [0, 0.05) is 16.6 Å². The quantitative estimate of drug-likeness (QED) is 0.533. The van der Waals surface area contributed by atoms with E-state index in [0.717, 1.165) is 17.7 Å². The summed E-state index contributed by atoms with van der Waals surface area (Å²) in [5, 5.41) is 14.9. The molecule has 0 saturated heterocycles. The van der Waals surface area contributed by atoms with E-state index in [1.165, 1.54) is 5.56 Å². The molecule has 0 amide bonds. The highest BCUT2D eigenvalue weighted by atomic mass is 79.9. The van der Waals surface area contributed by atoms with Crippen LogP contribution in [-0.2, 0) is 6.42 Å². The number of nitrogens with one attached hydrogen (secondary N) is 2. The first kappa shape index (κ1) is 18.3. The number of thiophene rings is 1. The number of hydrogen-bond acceptors (Lipinski definition) is 3. The van der Waals surface area contributed by atoms with Crippen LogP contribution in [-0.4, -0.2) is 12.4 Å². The van der Waals surface area contributed by atoms with E-state index in [1.807, 2.05) is 41.1 Å². The smallest absolute Gasteiger partial charge is 0.130 e. The highest BCUT2D eigenvalue weighted by Crippen LogP contribution is 2.13. The van der Waals surface area contributed by atoms with E-state index in [9.17, 15) is 0 Å². The summed E-state index contributed by atoms with van der Waals surface area (Å²) in [6, 6.07) is 9.97. The highest BCUT2D eigenvalue weighted by molar-refractivity contribution is 8.93. The first-order valence-corrected chi connectivity index (χ1v) is 6.41. The van der Waals surface area contributed by atoms with Gasteiger partial charge in [-0.2, -0.15) is 11.3 Å². The van der Waals surface area contributed by atoms with E-state index >= 15 is 0 Å². The molecule has 1 aromatic heterocycles. The van der Waals surface area contributed by atoms with Gasteiger partial charge in [0.05, 0.1) is 0 Å². The second-order valence-corrected chi connectivity index (χ2v) is 4.53. The molecule has 0 saturated carbocycles. The largest absolute Gasteiger partial charge is 0.340 e. The molecule has 0 aliphatic heterocycles. The Morgan fingerprint density at radius 2 is 1.84 bits per heavy atom. The van der Waals surface area contributed by atoms with Crippen molar-refractivity contribution in [3.8, 4) is 0 Å². The Hall–Kier alpha value is -0.690. The Bertz CT molecular complexity index is 483. The Morgan fingerprint density at radius 3 is 2.37 bits per heavy atom. The molecule has 0 atom stereocenters. The zero-order valence-electron chi connectivity index (χ0n) is 10.3. The molecule has 4 N–H and O–H groups in total. The van der Waals surface area contributed by atoms with E-state index in [-0.39, 0.29) is 34.0 Å². The topological polar surface area (TPSA) is 61.9 Å². The zero-order chi connectivity index (χ0) is 12.1. The van der Waals surface area contributed by atoms with E-state index < -0.39 is 0 Å². The van der Waals surface area contributed by atoms with Crippen LogP contribution in [0.15, 0.2) is 41.1 Å². The van der Waals surface area contributed by atoms with Crippen molar-refractivity contribution in [2.45, 2.75) is 6.42 Å². The Kier molecular flexibility index (Phi) is 8.92. The average molecular weight is 407 g/mol. The molecule has 1 heterocycles. The third-order valence-electron chi connectivity index (χ3n) is 2.47. The Morgan fingerprint density at radius 1 is 1.16 bits per heavy atom. The monoisotopic (exact) mass is 405 g/mol. The molecule has 0 aliphatic carbocycles. The van der Waals surface area contributed by atoms with Crippen molar-refractivity contribution >= 4 is 56.8 Å². The third kappa shape index (κ3) is 5.44. The predicted molar refractivity (Wildman–Crippen MR) is 94.6 cm³/mol. The highest BCUT2D eigenvalue weighted by Gasteiger charge is 2.01. The van der Waals surface area contributed by atoms with Gasteiger partial charge in [0.2, 0.25) is 0 Å². The number of nitrogens with two attached hydrogens (primary N) is 1. The molecule has 0 fully saturated rings. The minimum atomic E-state index is 0. The first-order valence-electron chi connectivity index (χ1n) is 5.47. The van der Waals surface area contributed by atoms with E-state index in [0.29, 0.717) is 12.4 Å². The van der Waals surface area contributed by atoms with Gasteiger partial charge in [-0.15, -0.1) is 34.0 Å². The number of halogens is 2. The predicted octanol–water partition coefficient (Wildman–Crippen LogP) is 3.84. The standard InChI is InChI=1S/C13H15N3S.2BrH/c14-7-5-10-1-3-12(4-2-10)16-13(15)11-6-8-17-9-11;;/h1-4,6,8-9H,5,7,14H2,(H2,15,16);2*1H. The second-order valence-electron chi connectivity index (χ2n) is 3.75. The molecule has 0 bridgehead atoms. The van der Waals surface area contributed by atoms with Crippen molar-refractivity contribution in [1.82, 2.24) is 0 Å². The summed E-state index contributed by atoms with van der Waals surface area (Å²) in [6.07, 6.45) is 0.891. The third-order valence-corrected chi connectivity index (χ3v) is 3.15. The van der Waals surface area contributed by atoms with E-state index in [2.05, 4.69) is 5.32 Å². The molecule has 2 rings (SSSR count). The molecular weight excluding hydrogens is 390 g/mol. The number of amidine groups is 1. The fourth-order valence-electron chi connectivity index (χ4n) is 1.54. The average Bonchev–Trinajstić information content (AvgIpc) is 2.86. The summed E-state index contributed by atoms with van der Waals surface area (Å²) in [4.78, 5) is 0. The molecule has 0 radical (unpaired) electrons. The molecule has 0 spiro atoms. The van der Waals surface area contributed by atoms with Crippen LogP contribution < -0.4 is 11.1 Å². The van der Waals surface area contributed by atoms with Gasteiger partial charge in [-0.25, -0.2) is 0 Å². The lowest BCUT2D eigenvalue weighted by atomic mass is 10.1. The number of rotatable bonds is 4. The molecule has 3 nitrogen and oxygen atoms in total. The van der Waals surface area contributed by atoms with Crippen LogP contribution in [0, 0.1) is 5.41 Å². The number of anilines is 1. The molecule has 0 aliphatic rings. The van der Waals surface area contributed by atoms with Crippen LogP contribution in [0.25, 0.3) is 0 Å². The van der Waals surface area contributed by atoms with Crippen LogP contribution in [0.3, 0.4) is 0 Å². The van der Waals surface area contributed by atoms with Gasteiger partial charge in [0.25, 0.3) is 0 Å². The minimum absolute atomic E-state index is 0. The van der Waals surface area contributed by atoms with Gasteiger partial charge in [-0.05, 0) is 42.1 Å². The molecule has 19 heavy (non-hydrogen) atoms. The summed E-state index contributed by atoms with van der Waals surface area (Å²) >= 11 is 1.59. The van der Waals surface area contributed by atoms with Crippen molar-refractivity contribution in [1.29, 1.82) is 5.41 Å². The Labute approximate surface area is 138 Å². The summed E-state index contributed by atoms with van der Waals surface area (Å²) in [5.74, 6) is 0.429. The molecule has 104 valence electrons. The second kappa shape index (κ2) is 9.25. The summed E-state index contributed by atoms with van der Waals surface area (Å²) in [5.41, 5.74) is 8.57. The van der Waals surface area contributed by atoms with Gasteiger partial charge in [0.15, 0.2) is 0 Å². The molecule has 0 unspecified atom stereocenters. The lowest BCUT2D eigenvalue weighted by Crippen LogP contribution is -2.10. The maximum atomic E-state index is 7.89. The van der Waals surface area contributed by atoms with E-state index in [1.54, 1.807) is 11.3 Å². The molecular formula is C13H17Br2N3S. The fourth-order valence-corrected chi connectivity index (χ4v) is 2.19.